The molecule has 0 atom stereocenters. The molecule has 0 aliphatic heterocycles. The second-order valence-electron chi connectivity index (χ2n) is 2.90. The average Bonchev–Trinajstić information content (AvgIpc) is 2.02. The largest absolute Gasteiger partial charge is 0.327 e. The monoisotopic (exact) mass is 243 g/mol. The van der Waals surface area contributed by atoms with Gasteiger partial charge in [0.15, 0.2) is 0 Å². The first kappa shape index (κ1) is 10.4. The molecular weight excluding hydrogens is 233 g/mol. The van der Waals surface area contributed by atoms with E-state index in [9.17, 15) is 4.39 Å². The van der Waals surface area contributed by atoms with Gasteiger partial charge in [-0.2, -0.15) is 0 Å². The lowest BCUT2D eigenvalue weighted by molar-refractivity contribution is 0.626. The van der Waals surface area contributed by atoms with Gasteiger partial charge in [0.2, 0.25) is 0 Å². The summed E-state index contributed by atoms with van der Waals surface area (Å²) in [5.41, 5.74) is 7.28. The fourth-order valence-electron chi connectivity index (χ4n) is 1.00. The minimum atomic E-state index is -0.245. The number of hydrogen-bond donors (Lipinski definition) is 1. The van der Waals surface area contributed by atoms with Gasteiger partial charge in [0.1, 0.15) is 5.82 Å². The standard InChI is InChI=1S/C10H11BrFN/c1-7(6-13)2-8-3-9(11)5-10(12)4-8/h2-5H,6,13H2,1H3/b7-2-. The van der Waals surface area contributed by atoms with Crippen LogP contribution in [0.25, 0.3) is 6.08 Å². The second kappa shape index (κ2) is 4.53. The Kier molecular flexibility index (Phi) is 3.63. The third-order valence-electron chi connectivity index (χ3n) is 1.62. The Morgan fingerprint density at radius 1 is 1.54 bits per heavy atom. The molecular formula is C10H11BrFN. The molecule has 0 bridgehead atoms. The van der Waals surface area contributed by atoms with Crippen LogP contribution in [0, 0.1) is 5.82 Å². The zero-order valence-electron chi connectivity index (χ0n) is 7.35. The minimum absolute atomic E-state index is 0.245. The van der Waals surface area contributed by atoms with Crippen LogP contribution in [0.15, 0.2) is 28.2 Å². The molecule has 13 heavy (non-hydrogen) atoms. The van der Waals surface area contributed by atoms with Gasteiger partial charge >= 0.3 is 0 Å². The summed E-state index contributed by atoms with van der Waals surface area (Å²) in [6, 6.07) is 4.75. The zero-order chi connectivity index (χ0) is 9.84. The highest BCUT2D eigenvalue weighted by Gasteiger charge is 1.96. The number of hydrogen-bond acceptors (Lipinski definition) is 1. The van der Waals surface area contributed by atoms with Crippen molar-refractivity contribution in [2.75, 3.05) is 6.54 Å². The molecule has 0 saturated carbocycles. The highest BCUT2D eigenvalue weighted by molar-refractivity contribution is 9.10. The van der Waals surface area contributed by atoms with Crippen molar-refractivity contribution < 1.29 is 4.39 Å². The molecule has 0 spiro atoms. The van der Waals surface area contributed by atoms with Gasteiger partial charge in [0, 0.05) is 11.0 Å². The van der Waals surface area contributed by atoms with Gasteiger partial charge in [0.05, 0.1) is 0 Å². The van der Waals surface area contributed by atoms with Crippen LogP contribution in [0.3, 0.4) is 0 Å². The molecule has 70 valence electrons. The van der Waals surface area contributed by atoms with E-state index in [0.717, 1.165) is 15.6 Å². The molecule has 0 amide bonds. The van der Waals surface area contributed by atoms with Gasteiger partial charge < -0.3 is 5.73 Å². The van der Waals surface area contributed by atoms with Crippen molar-refractivity contribution in [2.24, 2.45) is 5.73 Å². The van der Waals surface area contributed by atoms with Crippen LogP contribution in [-0.2, 0) is 0 Å². The van der Waals surface area contributed by atoms with Gasteiger partial charge in [-0.25, -0.2) is 4.39 Å². The van der Waals surface area contributed by atoms with Crippen molar-refractivity contribution in [2.45, 2.75) is 6.92 Å². The fraction of sp³-hybridized carbons (Fsp3) is 0.200. The van der Waals surface area contributed by atoms with Gasteiger partial charge in [-0.05, 0) is 30.7 Å². The van der Waals surface area contributed by atoms with E-state index in [1.165, 1.54) is 12.1 Å². The van der Waals surface area contributed by atoms with Gasteiger partial charge in [-0.15, -0.1) is 0 Å². The molecule has 0 heterocycles. The van der Waals surface area contributed by atoms with Crippen molar-refractivity contribution in [1.29, 1.82) is 0 Å². The molecule has 0 unspecified atom stereocenters. The number of nitrogens with two attached hydrogens (primary N) is 1. The van der Waals surface area contributed by atoms with Crippen LogP contribution in [0.4, 0.5) is 4.39 Å². The maximum absolute atomic E-state index is 12.9. The van der Waals surface area contributed by atoms with E-state index in [4.69, 9.17) is 5.73 Å². The third kappa shape index (κ3) is 3.28. The quantitative estimate of drug-likeness (QED) is 0.850. The number of rotatable bonds is 2. The lowest BCUT2D eigenvalue weighted by atomic mass is 10.1. The van der Waals surface area contributed by atoms with Crippen LogP contribution in [-0.4, -0.2) is 6.54 Å². The molecule has 0 saturated heterocycles. The highest BCUT2D eigenvalue weighted by atomic mass is 79.9. The molecule has 0 aliphatic rings. The summed E-state index contributed by atoms with van der Waals surface area (Å²) < 4.78 is 13.6. The lowest BCUT2D eigenvalue weighted by Gasteiger charge is -1.99. The van der Waals surface area contributed by atoms with Crippen molar-refractivity contribution in [3.05, 3.63) is 39.6 Å². The minimum Gasteiger partial charge on any atom is -0.327 e. The first-order valence-electron chi connectivity index (χ1n) is 3.95. The normalized spacial score (nSPS) is 11.8. The predicted molar refractivity (Wildman–Crippen MR) is 56.8 cm³/mol. The van der Waals surface area contributed by atoms with E-state index in [1.807, 2.05) is 19.1 Å². The number of halogens is 2. The predicted octanol–water partition coefficient (Wildman–Crippen LogP) is 2.95. The Morgan fingerprint density at radius 2 is 2.23 bits per heavy atom. The molecule has 0 radical (unpaired) electrons. The highest BCUT2D eigenvalue weighted by Crippen LogP contribution is 2.16. The van der Waals surface area contributed by atoms with Crippen molar-refractivity contribution >= 4 is 22.0 Å². The summed E-state index contributed by atoms with van der Waals surface area (Å²) in [7, 11) is 0. The van der Waals surface area contributed by atoms with Crippen LogP contribution < -0.4 is 5.73 Å². The summed E-state index contributed by atoms with van der Waals surface area (Å²) in [6.45, 7) is 2.41. The molecule has 3 heteroatoms. The Hall–Kier alpha value is -0.670. The van der Waals surface area contributed by atoms with Crippen LogP contribution in [0.5, 0.6) is 0 Å². The molecule has 0 aromatic heterocycles. The topological polar surface area (TPSA) is 26.0 Å². The first-order chi connectivity index (χ1) is 6.11. The zero-order valence-corrected chi connectivity index (χ0v) is 8.94. The molecule has 1 aromatic carbocycles. The first-order valence-corrected chi connectivity index (χ1v) is 4.74. The van der Waals surface area contributed by atoms with E-state index in [1.54, 1.807) is 0 Å². The molecule has 0 aliphatic carbocycles. The average molecular weight is 244 g/mol. The Labute approximate surface area is 85.6 Å². The Bertz CT molecular complexity index is 313. The summed E-state index contributed by atoms with van der Waals surface area (Å²) in [5.74, 6) is -0.245. The third-order valence-corrected chi connectivity index (χ3v) is 2.08. The molecule has 0 fully saturated rings. The van der Waals surface area contributed by atoms with Crippen LogP contribution in [0.1, 0.15) is 12.5 Å². The van der Waals surface area contributed by atoms with E-state index in [0.29, 0.717) is 6.54 Å². The summed E-state index contributed by atoms with van der Waals surface area (Å²) in [5, 5.41) is 0. The van der Waals surface area contributed by atoms with E-state index >= 15 is 0 Å². The van der Waals surface area contributed by atoms with Crippen molar-refractivity contribution in [3.8, 4) is 0 Å². The maximum atomic E-state index is 12.9. The van der Waals surface area contributed by atoms with Crippen molar-refractivity contribution in [1.82, 2.24) is 0 Å². The summed E-state index contributed by atoms with van der Waals surface area (Å²) in [6.07, 6.45) is 1.87. The van der Waals surface area contributed by atoms with Gasteiger partial charge in [0.25, 0.3) is 0 Å². The molecule has 1 nitrogen and oxygen atoms in total. The smallest absolute Gasteiger partial charge is 0.124 e. The lowest BCUT2D eigenvalue weighted by Crippen LogP contribution is -1.99. The summed E-state index contributed by atoms with van der Waals surface area (Å²) in [4.78, 5) is 0. The SMILES string of the molecule is C/C(=C/c1cc(F)cc(Br)c1)CN. The maximum Gasteiger partial charge on any atom is 0.124 e. The van der Waals surface area contributed by atoms with Crippen LogP contribution >= 0.6 is 15.9 Å². The van der Waals surface area contributed by atoms with Crippen LogP contribution in [0.2, 0.25) is 0 Å². The second-order valence-corrected chi connectivity index (χ2v) is 3.81. The molecule has 1 aromatic rings. The number of benzene rings is 1. The Balaban J connectivity index is 3.02. The van der Waals surface area contributed by atoms with E-state index in [-0.39, 0.29) is 5.82 Å². The summed E-state index contributed by atoms with van der Waals surface area (Å²) >= 11 is 3.22. The van der Waals surface area contributed by atoms with E-state index in [2.05, 4.69) is 15.9 Å². The Morgan fingerprint density at radius 3 is 2.77 bits per heavy atom. The van der Waals surface area contributed by atoms with Gasteiger partial charge in [-0.3, -0.25) is 0 Å². The molecule has 1 rings (SSSR count). The molecule has 2 N–H and O–H groups in total. The van der Waals surface area contributed by atoms with E-state index < -0.39 is 0 Å². The van der Waals surface area contributed by atoms with Crippen molar-refractivity contribution in [3.63, 3.8) is 0 Å². The fourth-order valence-corrected chi connectivity index (χ4v) is 1.48. The van der Waals surface area contributed by atoms with Gasteiger partial charge in [-0.1, -0.05) is 27.6 Å².